The Labute approximate surface area is 91.1 Å². The number of aromatic nitrogens is 3. The highest BCUT2D eigenvalue weighted by Gasteiger charge is 2.20. The summed E-state index contributed by atoms with van der Waals surface area (Å²) in [5.41, 5.74) is 0.714. The van der Waals surface area contributed by atoms with E-state index in [2.05, 4.69) is 10.3 Å². The molecular formula is C9H13F2N3O2. The second-order valence-electron chi connectivity index (χ2n) is 3.72. The van der Waals surface area contributed by atoms with Crippen molar-refractivity contribution >= 4 is 5.97 Å². The minimum atomic E-state index is -2.53. The van der Waals surface area contributed by atoms with Crippen LogP contribution in [0.25, 0.3) is 0 Å². The Hall–Kier alpha value is -1.53. The van der Waals surface area contributed by atoms with Crippen molar-refractivity contribution in [2.75, 3.05) is 0 Å². The van der Waals surface area contributed by atoms with Gasteiger partial charge in [-0.25, -0.2) is 13.5 Å². The van der Waals surface area contributed by atoms with E-state index in [1.165, 1.54) is 0 Å². The van der Waals surface area contributed by atoms with Crippen LogP contribution in [0.4, 0.5) is 8.78 Å². The molecule has 0 radical (unpaired) electrons. The van der Waals surface area contributed by atoms with E-state index in [4.69, 9.17) is 5.11 Å². The van der Waals surface area contributed by atoms with Crippen molar-refractivity contribution in [2.45, 2.75) is 39.2 Å². The van der Waals surface area contributed by atoms with Gasteiger partial charge in [-0.1, -0.05) is 19.1 Å². The molecule has 0 saturated carbocycles. The van der Waals surface area contributed by atoms with Gasteiger partial charge in [-0.3, -0.25) is 4.79 Å². The Morgan fingerprint density at radius 3 is 2.56 bits per heavy atom. The molecule has 1 N–H and O–H groups in total. The first kappa shape index (κ1) is 12.5. The lowest BCUT2D eigenvalue weighted by Gasteiger charge is -2.09. The van der Waals surface area contributed by atoms with E-state index in [0.29, 0.717) is 5.69 Å². The van der Waals surface area contributed by atoms with E-state index in [-0.39, 0.29) is 18.0 Å². The molecular weight excluding hydrogens is 220 g/mol. The van der Waals surface area contributed by atoms with Crippen LogP contribution in [-0.2, 0) is 17.8 Å². The summed E-state index contributed by atoms with van der Waals surface area (Å²) < 4.78 is 25.5. The van der Waals surface area contributed by atoms with Crippen molar-refractivity contribution in [1.82, 2.24) is 15.0 Å². The van der Waals surface area contributed by atoms with Crippen LogP contribution in [0.2, 0.25) is 0 Å². The van der Waals surface area contributed by atoms with Crippen LogP contribution in [0.1, 0.15) is 31.2 Å². The monoisotopic (exact) mass is 233 g/mol. The standard InChI is InChI=1S/C9H13F2N3O2/c1-5(2)9-6(3-8(15)16)12-13-14(9)4-7(10)11/h5,7H,3-4H2,1-2H3,(H,15,16). The lowest BCUT2D eigenvalue weighted by Crippen LogP contribution is -2.14. The molecule has 0 atom stereocenters. The molecule has 16 heavy (non-hydrogen) atoms. The molecule has 0 amide bonds. The van der Waals surface area contributed by atoms with Gasteiger partial charge in [0, 0.05) is 0 Å². The number of aliphatic carboxylic acids is 1. The van der Waals surface area contributed by atoms with Gasteiger partial charge in [0.25, 0.3) is 6.43 Å². The Kier molecular flexibility index (Phi) is 3.92. The zero-order chi connectivity index (χ0) is 12.3. The molecule has 0 aliphatic carbocycles. The van der Waals surface area contributed by atoms with Crippen LogP contribution in [0.5, 0.6) is 0 Å². The minimum absolute atomic E-state index is 0.0944. The first-order valence-electron chi connectivity index (χ1n) is 4.84. The number of hydrogen-bond donors (Lipinski definition) is 1. The molecule has 0 unspecified atom stereocenters. The third kappa shape index (κ3) is 2.98. The molecule has 1 heterocycles. The zero-order valence-electron chi connectivity index (χ0n) is 9.02. The zero-order valence-corrected chi connectivity index (χ0v) is 9.02. The average Bonchev–Trinajstić information content (AvgIpc) is 2.45. The lowest BCUT2D eigenvalue weighted by atomic mass is 10.1. The fraction of sp³-hybridized carbons (Fsp3) is 0.667. The minimum Gasteiger partial charge on any atom is -0.481 e. The highest BCUT2D eigenvalue weighted by molar-refractivity contribution is 5.69. The molecule has 0 bridgehead atoms. The van der Waals surface area contributed by atoms with E-state index in [9.17, 15) is 13.6 Å². The Bertz CT molecular complexity index is 377. The fourth-order valence-corrected chi connectivity index (χ4v) is 1.52. The van der Waals surface area contributed by atoms with E-state index in [1.807, 2.05) is 0 Å². The maximum absolute atomic E-state index is 12.2. The van der Waals surface area contributed by atoms with Gasteiger partial charge in [0.1, 0.15) is 6.54 Å². The van der Waals surface area contributed by atoms with Gasteiger partial charge in [-0.15, -0.1) is 5.10 Å². The number of hydrogen-bond acceptors (Lipinski definition) is 3. The van der Waals surface area contributed by atoms with Crippen LogP contribution in [0.3, 0.4) is 0 Å². The van der Waals surface area contributed by atoms with Crippen LogP contribution in [-0.4, -0.2) is 32.5 Å². The summed E-state index contributed by atoms with van der Waals surface area (Å²) in [6.07, 6.45) is -2.83. The van der Waals surface area contributed by atoms with Crippen LogP contribution < -0.4 is 0 Å². The Balaban J connectivity index is 3.01. The van der Waals surface area contributed by atoms with Crippen molar-refractivity contribution in [3.63, 3.8) is 0 Å². The Morgan fingerprint density at radius 1 is 1.50 bits per heavy atom. The number of alkyl halides is 2. The average molecular weight is 233 g/mol. The number of halogens is 2. The molecule has 5 nitrogen and oxygen atoms in total. The summed E-state index contributed by atoms with van der Waals surface area (Å²) in [6.45, 7) is 3.01. The molecule has 7 heteroatoms. The van der Waals surface area contributed by atoms with E-state index in [0.717, 1.165) is 4.68 Å². The largest absolute Gasteiger partial charge is 0.481 e. The second kappa shape index (κ2) is 5.00. The molecule has 0 aliphatic rings. The van der Waals surface area contributed by atoms with Gasteiger partial charge >= 0.3 is 5.97 Å². The van der Waals surface area contributed by atoms with Crippen molar-refractivity contribution in [3.05, 3.63) is 11.4 Å². The third-order valence-corrected chi connectivity index (χ3v) is 2.02. The maximum atomic E-state index is 12.2. The summed E-state index contributed by atoms with van der Waals surface area (Å²) in [4.78, 5) is 10.5. The molecule has 0 fully saturated rings. The van der Waals surface area contributed by atoms with Crippen molar-refractivity contribution in [3.8, 4) is 0 Å². The molecule has 0 spiro atoms. The number of carboxylic acid groups (broad SMARTS) is 1. The van der Waals surface area contributed by atoms with Crippen LogP contribution in [0, 0.1) is 0 Å². The van der Waals surface area contributed by atoms with Crippen molar-refractivity contribution in [1.29, 1.82) is 0 Å². The third-order valence-electron chi connectivity index (χ3n) is 2.02. The summed E-state index contributed by atoms with van der Waals surface area (Å²) in [6, 6.07) is 0. The predicted molar refractivity (Wildman–Crippen MR) is 51.5 cm³/mol. The smallest absolute Gasteiger partial charge is 0.309 e. The first-order valence-corrected chi connectivity index (χ1v) is 4.84. The SMILES string of the molecule is CC(C)c1c(CC(=O)O)nnn1CC(F)F. The molecule has 0 saturated heterocycles. The molecule has 90 valence electrons. The van der Waals surface area contributed by atoms with Crippen molar-refractivity contribution < 1.29 is 18.7 Å². The van der Waals surface area contributed by atoms with Crippen LogP contribution >= 0.6 is 0 Å². The number of rotatable bonds is 5. The van der Waals surface area contributed by atoms with E-state index < -0.39 is 18.9 Å². The highest BCUT2D eigenvalue weighted by Crippen LogP contribution is 2.18. The summed E-state index contributed by atoms with van der Waals surface area (Å²) in [5, 5.41) is 15.8. The molecule has 1 aromatic heterocycles. The summed E-state index contributed by atoms with van der Waals surface area (Å²) in [7, 11) is 0. The number of nitrogens with zero attached hydrogens (tertiary/aromatic N) is 3. The normalized spacial score (nSPS) is 11.4. The van der Waals surface area contributed by atoms with Gasteiger partial charge < -0.3 is 5.11 Å². The quantitative estimate of drug-likeness (QED) is 0.832. The second-order valence-corrected chi connectivity index (χ2v) is 3.72. The van der Waals surface area contributed by atoms with Gasteiger partial charge in [0.15, 0.2) is 0 Å². The van der Waals surface area contributed by atoms with E-state index in [1.54, 1.807) is 13.8 Å². The van der Waals surface area contributed by atoms with Crippen molar-refractivity contribution in [2.24, 2.45) is 0 Å². The molecule has 1 aromatic rings. The number of carboxylic acids is 1. The summed E-state index contributed by atoms with van der Waals surface area (Å²) >= 11 is 0. The number of carbonyl (C=O) groups is 1. The van der Waals surface area contributed by atoms with Gasteiger partial charge in [-0.05, 0) is 5.92 Å². The molecule has 0 aliphatic heterocycles. The first-order chi connectivity index (χ1) is 7.41. The molecule has 0 aromatic carbocycles. The summed E-state index contributed by atoms with van der Waals surface area (Å²) in [5.74, 6) is -1.14. The molecule has 1 rings (SSSR count). The topological polar surface area (TPSA) is 68.0 Å². The lowest BCUT2D eigenvalue weighted by molar-refractivity contribution is -0.136. The predicted octanol–water partition coefficient (Wildman–Crippen LogP) is 1.29. The van der Waals surface area contributed by atoms with Gasteiger partial charge in [-0.2, -0.15) is 0 Å². The van der Waals surface area contributed by atoms with Gasteiger partial charge in [0.2, 0.25) is 0 Å². The van der Waals surface area contributed by atoms with E-state index >= 15 is 0 Å². The highest BCUT2D eigenvalue weighted by atomic mass is 19.3. The fourth-order valence-electron chi connectivity index (χ4n) is 1.52. The maximum Gasteiger partial charge on any atom is 0.309 e. The van der Waals surface area contributed by atoms with Gasteiger partial charge in [0.05, 0.1) is 17.8 Å². The van der Waals surface area contributed by atoms with Crippen LogP contribution in [0.15, 0.2) is 0 Å². The Morgan fingerprint density at radius 2 is 2.12 bits per heavy atom.